The van der Waals surface area contributed by atoms with E-state index >= 15 is 0 Å². The Balaban J connectivity index is 2.37. The molecule has 0 unspecified atom stereocenters. The lowest BCUT2D eigenvalue weighted by Crippen LogP contribution is -2.17. The van der Waals surface area contributed by atoms with E-state index in [0.717, 1.165) is 4.88 Å². The van der Waals surface area contributed by atoms with Gasteiger partial charge in [0.05, 0.1) is 0 Å². The van der Waals surface area contributed by atoms with Crippen molar-refractivity contribution in [1.29, 1.82) is 5.26 Å². The van der Waals surface area contributed by atoms with Crippen LogP contribution in [0.4, 0.5) is 0 Å². The normalized spacial score (nSPS) is 17.8. The summed E-state index contributed by atoms with van der Waals surface area (Å²) >= 11 is 1.29. The van der Waals surface area contributed by atoms with Gasteiger partial charge in [-0.25, -0.2) is 0 Å². The second kappa shape index (κ2) is 2.57. The van der Waals surface area contributed by atoms with Crippen LogP contribution in [-0.2, 0) is 10.2 Å². The molecule has 0 spiro atoms. The molecule has 3 nitrogen and oxygen atoms in total. The molecular weight excluding hydrogens is 186 g/mol. The summed E-state index contributed by atoms with van der Waals surface area (Å²) in [7, 11) is 0. The van der Waals surface area contributed by atoms with Crippen LogP contribution in [0.5, 0.6) is 0 Å². The lowest BCUT2D eigenvalue weighted by atomic mass is 10.1. The molecule has 1 heterocycles. The van der Waals surface area contributed by atoms with Crippen molar-refractivity contribution in [2.24, 2.45) is 0 Å². The largest absolute Gasteiger partial charge is 0.481 e. The van der Waals surface area contributed by atoms with Gasteiger partial charge in [0.15, 0.2) is 0 Å². The fourth-order valence-electron chi connectivity index (χ4n) is 1.35. The van der Waals surface area contributed by atoms with E-state index < -0.39 is 11.4 Å². The highest BCUT2D eigenvalue weighted by Crippen LogP contribution is 2.50. The van der Waals surface area contributed by atoms with Gasteiger partial charge in [0.25, 0.3) is 0 Å². The van der Waals surface area contributed by atoms with Crippen LogP contribution >= 0.6 is 11.3 Å². The third kappa shape index (κ3) is 1.12. The maximum absolute atomic E-state index is 10.9. The Hall–Kier alpha value is -1.34. The fraction of sp³-hybridized carbons (Fsp3) is 0.333. The standard InChI is InChI=1S/C9H7NO2S/c10-5-6-1-2-7(13-6)9(3-4-9)8(11)12/h1-2H,3-4H2,(H,11,12). The first-order chi connectivity index (χ1) is 6.19. The number of thiophene rings is 1. The fourth-order valence-corrected chi connectivity index (χ4v) is 2.39. The summed E-state index contributed by atoms with van der Waals surface area (Å²) in [5.74, 6) is -0.765. The van der Waals surface area contributed by atoms with Gasteiger partial charge >= 0.3 is 5.97 Å². The highest BCUT2D eigenvalue weighted by molar-refractivity contribution is 7.12. The van der Waals surface area contributed by atoms with E-state index in [2.05, 4.69) is 0 Å². The van der Waals surface area contributed by atoms with Crippen LogP contribution in [0.25, 0.3) is 0 Å². The molecule has 0 amide bonds. The third-order valence-electron chi connectivity index (χ3n) is 2.35. The molecule has 0 bridgehead atoms. The highest BCUT2D eigenvalue weighted by Gasteiger charge is 2.52. The maximum Gasteiger partial charge on any atom is 0.314 e. The summed E-state index contributed by atoms with van der Waals surface area (Å²) in [6.07, 6.45) is 1.40. The Bertz CT molecular complexity index is 398. The van der Waals surface area contributed by atoms with E-state index in [-0.39, 0.29) is 0 Å². The number of carbonyl (C=O) groups is 1. The average molecular weight is 193 g/mol. The minimum Gasteiger partial charge on any atom is -0.481 e. The van der Waals surface area contributed by atoms with Crippen molar-refractivity contribution in [2.75, 3.05) is 0 Å². The first-order valence-corrected chi connectivity index (χ1v) is 4.74. The number of carboxylic acids is 1. The summed E-state index contributed by atoms with van der Waals surface area (Å²) < 4.78 is 0. The monoisotopic (exact) mass is 193 g/mol. The van der Waals surface area contributed by atoms with Crippen molar-refractivity contribution in [3.63, 3.8) is 0 Å². The van der Waals surface area contributed by atoms with Crippen LogP contribution in [0, 0.1) is 11.3 Å². The topological polar surface area (TPSA) is 61.1 Å². The van der Waals surface area contributed by atoms with Crippen LogP contribution < -0.4 is 0 Å². The van der Waals surface area contributed by atoms with Crippen molar-refractivity contribution >= 4 is 17.3 Å². The summed E-state index contributed by atoms with van der Waals surface area (Å²) in [4.78, 5) is 12.3. The minimum absolute atomic E-state index is 0.586. The molecule has 1 aromatic heterocycles. The molecule has 0 aromatic carbocycles. The molecule has 1 N–H and O–H groups in total. The van der Waals surface area contributed by atoms with Gasteiger partial charge in [0, 0.05) is 4.88 Å². The van der Waals surface area contributed by atoms with Gasteiger partial charge in [0.2, 0.25) is 0 Å². The molecule has 1 aliphatic carbocycles. The summed E-state index contributed by atoms with van der Waals surface area (Å²) in [6.45, 7) is 0. The van der Waals surface area contributed by atoms with Crippen LogP contribution in [0.1, 0.15) is 22.6 Å². The summed E-state index contributed by atoms with van der Waals surface area (Å²) in [5, 5.41) is 17.6. The molecule has 0 aliphatic heterocycles. The predicted octanol–water partition coefficient (Wildman–Crippen LogP) is 1.74. The minimum atomic E-state index is -0.765. The number of carboxylic acid groups (broad SMARTS) is 1. The van der Waals surface area contributed by atoms with Crippen molar-refractivity contribution in [3.8, 4) is 6.07 Å². The van der Waals surface area contributed by atoms with Crippen LogP contribution in [0.3, 0.4) is 0 Å². The van der Waals surface area contributed by atoms with Crippen molar-refractivity contribution < 1.29 is 9.90 Å². The van der Waals surface area contributed by atoms with E-state index in [1.807, 2.05) is 6.07 Å². The van der Waals surface area contributed by atoms with Crippen molar-refractivity contribution in [3.05, 3.63) is 21.9 Å². The maximum atomic E-state index is 10.9. The number of hydrogen-bond donors (Lipinski definition) is 1. The number of nitriles is 1. The van der Waals surface area contributed by atoms with Gasteiger partial charge in [-0.3, -0.25) is 4.79 Å². The molecule has 1 saturated carbocycles. The SMILES string of the molecule is N#Cc1ccc(C2(C(=O)O)CC2)s1. The molecule has 1 aliphatic rings. The molecule has 0 radical (unpaired) electrons. The zero-order valence-electron chi connectivity index (χ0n) is 6.78. The summed E-state index contributed by atoms with van der Waals surface area (Å²) in [5.41, 5.74) is -0.653. The lowest BCUT2D eigenvalue weighted by molar-refractivity contribution is -0.139. The molecular formula is C9H7NO2S. The van der Waals surface area contributed by atoms with Gasteiger partial charge in [-0.2, -0.15) is 5.26 Å². The molecule has 4 heteroatoms. The Morgan fingerprint density at radius 1 is 1.62 bits per heavy atom. The number of hydrogen-bond acceptors (Lipinski definition) is 3. The van der Waals surface area contributed by atoms with E-state index in [0.29, 0.717) is 17.7 Å². The smallest absolute Gasteiger partial charge is 0.314 e. The molecule has 1 aromatic rings. The van der Waals surface area contributed by atoms with Gasteiger partial charge in [0.1, 0.15) is 16.4 Å². The zero-order valence-corrected chi connectivity index (χ0v) is 7.60. The van der Waals surface area contributed by atoms with E-state index in [1.54, 1.807) is 12.1 Å². The molecule has 2 rings (SSSR count). The lowest BCUT2D eigenvalue weighted by Gasteiger charge is -2.04. The molecule has 66 valence electrons. The first-order valence-electron chi connectivity index (χ1n) is 3.93. The van der Waals surface area contributed by atoms with Gasteiger partial charge in [-0.15, -0.1) is 11.3 Å². The molecule has 1 fully saturated rings. The number of nitrogens with zero attached hydrogens (tertiary/aromatic N) is 1. The predicted molar refractivity (Wildman–Crippen MR) is 47.6 cm³/mol. The van der Waals surface area contributed by atoms with Crippen molar-refractivity contribution in [1.82, 2.24) is 0 Å². The van der Waals surface area contributed by atoms with Gasteiger partial charge in [-0.1, -0.05) is 0 Å². The van der Waals surface area contributed by atoms with Crippen LogP contribution in [-0.4, -0.2) is 11.1 Å². The number of rotatable bonds is 2. The Kier molecular flexibility index (Phi) is 1.64. The second-order valence-electron chi connectivity index (χ2n) is 3.16. The second-order valence-corrected chi connectivity index (χ2v) is 4.25. The van der Waals surface area contributed by atoms with E-state index in [4.69, 9.17) is 10.4 Å². The van der Waals surface area contributed by atoms with Crippen LogP contribution in [0.2, 0.25) is 0 Å². The Labute approximate surface area is 79.2 Å². The van der Waals surface area contributed by atoms with Gasteiger partial charge in [-0.05, 0) is 25.0 Å². The summed E-state index contributed by atoms with van der Waals surface area (Å²) in [6, 6.07) is 5.45. The zero-order chi connectivity index (χ0) is 9.47. The van der Waals surface area contributed by atoms with E-state index in [1.165, 1.54) is 11.3 Å². The van der Waals surface area contributed by atoms with E-state index in [9.17, 15) is 4.79 Å². The van der Waals surface area contributed by atoms with Crippen molar-refractivity contribution in [2.45, 2.75) is 18.3 Å². The first kappa shape index (κ1) is 8.27. The Morgan fingerprint density at radius 2 is 2.31 bits per heavy atom. The van der Waals surface area contributed by atoms with Gasteiger partial charge < -0.3 is 5.11 Å². The third-order valence-corrected chi connectivity index (χ3v) is 3.54. The highest BCUT2D eigenvalue weighted by atomic mass is 32.1. The number of aliphatic carboxylic acids is 1. The molecule has 0 atom stereocenters. The Morgan fingerprint density at radius 3 is 2.69 bits per heavy atom. The van der Waals surface area contributed by atoms with Crippen LogP contribution in [0.15, 0.2) is 12.1 Å². The molecule has 0 saturated heterocycles. The molecule has 13 heavy (non-hydrogen) atoms. The average Bonchev–Trinajstić information content (AvgIpc) is 2.79. The quantitative estimate of drug-likeness (QED) is 0.778.